The predicted octanol–water partition coefficient (Wildman–Crippen LogP) is 2.35. The summed E-state index contributed by atoms with van der Waals surface area (Å²) < 4.78 is 0. The molecule has 0 radical (unpaired) electrons. The molecule has 0 atom stereocenters. The third-order valence-electron chi connectivity index (χ3n) is 1.53. The van der Waals surface area contributed by atoms with Gasteiger partial charge in [0.2, 0.25) is 0 Å². The molecular weight excluding hydrogens is 172 g/mol. The van der Waals surface area contributed by atoms with Crippen LogP contribution in [0.15, 0.2) is 18.2 Å². The Morgan fingerprint density at radius 1 is 1.33 bits per heavy atom. The number of rotatable bonds is 3. The molecule has 0 aliphatic carbocycles. The lowest BCUT2D eigenvalue weighted by Crippen LogP contribution is -1.81. The Morgan fingerprint density at radius 2 is 2.08 bits per heavy atom. The maximum atomic E-state index is 9.34. The van der Waals surface area contributed by atoms with Gasteiger partial charge < -0.3 is 10.2 Å². The molecule has 3 heteroatoms. The maximum Gasteiger partial charge on any atom is 0.123 e. The maximum absolute atomic E-state index is 9.34. The second-order valence-corrected chi connectivity index (χ2v) is 3.72. The molecule has 0 aliphatic rings. The van der Waals surface area contributed by atoms with Crippen LogP contribution >= 0.6 is 11.8 Å². The minimum absolute atomic E-state index is 0.109. The van der Waals surface area contributed by atoms with E-state index in [0.29, 0.717) is 0 Å². The molecule has 0 fully saturated rings. The third-order valence-corrected chi connectivity index (χ3v) is 2.45. The van der Waals surface area contributed by atoms with Crippen LogP contribution in [0.1, 0.15) is 12.5 Å². The summed E-state index contributed by atoms with van der Waals surface area (Å²) in [6, 6.07) is 4.70. The summed E-state index contributed by atoms with van der Waals surface area (Å²) in [6.07, 6.45) is 0. The lowest BCUT2D eigenvalue weighted by atomic mass is 10.2. The average molecular weight is 184 g/mol. The van der Waals surface area contributed by atoms with Crippen LogP contribution in [0.25, 0.3) is 0 Å². The molecule has 0 saturated heterocycles. The summed E-state index contributed by atoms with van der Waals surface area (Å²) in [5.41, 5.74) is 0.875. The zero-order valence-corrected chi connectivity index (χ0v) is 7.77. The van der Waals surface area contributed by atoms with Crippen LogP contribution in [0.3, 0.4) is 0 Å². The lowest BCUT2D eigenvalue weighted by Gasteiger charge is -2.02. The first-order chi connectivity index (χ1) is 5.74. The van der Waals surface area contributed by atoms with Crippen LogP contribution in [0.2, 0.25) is 0 Å². The molecule has 66 valence electrons. The smallest absolute Gasteiger partial charge is 0.123 e. The highest BCUT2D eigenvalue weighted by atomic mass is 32.2. The fraction of sp³-hybridized carbons (Fsp3) is 0.333. The Bertz CT molecular complexity index is 261. The molecule has 0 amide bonds. The Morgan fingerprint density at radius 3 is 2.67 bits per heavy atom. The predicted molar refractivity (Wildman–Crippen MR) is 51.6 cm³/mol. The Balaban J connectivity index is 2.72. The number of phenols is 2. The van der Waals surface area contributed by atoms with E-state index in [1.165, 1.54) is 6.07 Å². The lowest BCUT2D eigenvalue weighted by molar-refractivity contribution is 0.447. The van der Waals surface area contributed by atoms with E-state index in [1.807, 2.05) is 0 Å². The second kappa shape index (κ2) is 4.26. The molecule has 0 aromatic heterocycles. The summed E-state index contributed by atoms with van der Waals surface area (Å²) in [6.45, 7) is 2.07. The molecule has 2 N–H and O–H groups in total. The number of hydrogen-bond donors (Lipinski definition) is 2. The first-order valence-corrected chi connectivity index (χ1v) is 4.98. The van der Waals surface area contributed by atoms with Gasteiger partial charge in [-0.15, -0.1) is 0 Å². The third kappa shape index (κ3) is 2.34. The first-order valence-electron chi connectivity index (χ1n) is 3.82. The fourth-order valence-corrected chi connectivity index (χ4v) is 1.55. The molecule has 0 bridgehead atoms. The van der Waals surface area contributed by atoms with E-state index in [4.69, 9.17) is 5.11 Å². The van der Waals surface area contributed by atoms with Crippen LogP contribution in [0.5, 0.6) is 11.5 Å². The van der Waals surface area contributed by atoms with Crippen molar-refractivity contribution < 1.29 is 10.2 Å². The van der Waals surface area contributed by atoms with E-state index >= 15 is 0 Å². The Kier molecular flexibility index (Phi) is 3.29. The zero-order valence-electron chi connectivity index (χ0n) is 6.95. The molecule has 12 heavy (non-hydrogen) atoms. The highest BCUT2D eigenvalue weighted by Crippen LogP contribution is 2.25. The SMILES string of the molecule is CCSCc1ccc(O)cc1O. The van der Waals surface area contributed by atoms with Crippen molar-refractivity contribution in [3.63, 3.8) is 0 Å². The number of hydrogen-bond acceptors (Lipinski definition) is 3. The molecule has 0 unspecified atom stereocenters. The van der Waals surface area contributed by atoms with Gasteiger partial charge >= 0.3 is 0 Å². The average Bonchev–Trinajstić information content (AvgIpc) is 2.03. The number of phenolic OH excluding ortho intramolecular Hbond substituents is 2. The minimum atomic E-state index is 0.109. The molecule has 0 aliphatic heterocycles. The van der Waals surface area contributed by atoms with Crippen molar-refractivity contribution in [1.29, 1.82) is 0 Å². The van der Waals surface area contributed by atoms with Crippen molar-refractivity contribution in [3.05, 3.63) is 23.8 Å². The van der Waals surface area contributed by atoms with E-state index in [0.717, 1.165) is 17.1 Å². The minimum Gasteiger partial charge on any atom is -0.508 e. The summed E-state index contributed by atoms with van der Waals surface area (Å²) in [4.78, 5) is 0. The molecule has 1 rings (SSSR count). The quantitative estimate of drug-likeness (QED) is 0.757. The molecule has 0 spiro atoms. The highest BCUT2D eigenvalue weighted by molar-refractivity contribution is 7.98. The van der Waals surface area contributed by atoms with Crippen LogP contribution < -0.4 is 0 Å². The molecule has 0 heterocycles. The largest absolute Gasteiger partial charge is 0.508 e. The van der Waals surface area contributed by atoms with Gasteiger partial charge in [-0.3, -0.25) is 0 Å². The van der Waals surface area contributed by atoms with Gasteiger partial charge in [0.25, 0.3) is 0 Å². The van der Waals surface area contributed by atoms with E-state index in [9.17, 15) is 5.11 Å². The Labute approximate surface area is 76.2 Å². The number of benzene rings is 1. The van der Waals surface area contributed by atoms with Crippen molar-refractivity contribution in [2.75, 3.05) is 5.75 Å². The number of thioether (sulfide) groups is 1. The van der Waals surface area contributed by atoms with Gasteiger partial charge in [-0.05, 0) is 11.8 Å². The van der Waals surface area contributed by atoms with Crippen molar-refractivity contribution >= 4 is 11.8 Å². The van der Waals surface area contributed by atoms with Crippen molar-refractivity contribution in [1.82, 2.24) is 0 Å². The van der Waals surface area contributed by atoms with Gasteiger partial charge in [0.1, 0.15) is 11.5 Å². The molecule has 1 aromatic carbocycles. The van der Waals surface area contributed by atoms with Crippen LogP contribution in [0.4, 0.5) is 0 Å². The van der Waals surface area contributed by atoms with Crippen molar-refractivity contribution in [3.8, 4) is 11.5 Å². The van der Waals surface area contributed by atoms with Crippen LogP contribution in [-0.2, 0) is 5.75 Å². The van der Waals surface area contributed by atoms with Gasteiger partial charge in [-0.2, -0.15) is 11.8 Å². The summed E-state index contributed by atoms with van der Waals surface area (Å²) in [5, 5.41) is 18.3. The van der Waals surface area contributed by atoms with Crippen LogP contribution in [0, 0.1) is 0 Å². The van der Waals surface area contributed by atoms with E-state index < -0.39 is 0 Å². The fourth-order valence-electron chi connectivity index (χ4n) is 0.886. The summed E-state index contributed by atoms with van der Waals surface area (Å²) >= 11 is 1.74. The standard InChI is InChI=1S/C9H12O2S/c1-2-12-6-7-3-4-8(10)5-9(7)11/h3-5,10-11H,2,6H2,1H3. The molecule has 0 saturated carbocycles. The Hall–Kier alpha value is -0.830. The van der Waals surface area contributed by atoms with Crippen molar-refractivity contribution in [2.45, 2.75) is 12.7 Å². The topological polar surface area (TPSA) is 40.5 Å². The van der Waals surface area contributed by atoms with E-state index in [1.54, 1.807) is 23.9 Å². The van der Waals surface area contributed by atoms with Gasteiger partial charge in [0.15, 0.2) is 0 Å². The van der Waals surface area contributed by atoms with Gasteiger partial charge in [0.05, 0.1) is 0 Å². The second-order valence-electron chi connectivity index (χ2n) is 2.45. The van der Waals surface area contributed by atoms with Gasteiger partial charge in [-0.1, -0.05) is 13.0 Å². The van der Waals surface area contributed by atoms with Crippen molar-refractivity contribution in [2.24, 2.45) is 0 Å². The zero-order chi connectivity index (χ0) is 8.97. The van der Waals surface area contributed by atoms with Gasteiger partial charge in [0, 0.05) is 17.4 Å². The highest BCUT2D eigenvalue weighted by Gasteiger charge is 2.00. The van der Waals surface area contributed by atoms with Gasteiger partial charge in [-0.25, -0.2) is 0 Å². The molecule has 1 aromatic rings. The number of aromatic hydroxyl groups is 2. The van der Waals surface area contributed by atoms with E-state index in [2.05, 4.69) is 6.92 Å². The first kappa shape index (κ1) is 9.26. The summed E-state index contributed by atoms with van der Waals surface area (Å²) in [7, 11) is 0. The summed E-state index contributed by atoms with van der Waals surface area (Å²) in [5.74, 6) is 2.11. The van der Waals surface area contributed by atoms with Crippen LogP contribution in [-0.4, -0.2) is 16.0 Å². The monoisotopic (exact) mass is 184 g/mol. The normalized spacial score (nSPS) is 10.1. The molecular formula is C9H12O2S. The molecule has 2 nitrogen and oxygen atoms in total. The van der Waals surface area contributed by atoms with E-state index in [-0.39, 0.29) is 11.5 Å².